The fourth-order valence-corrected chi connectivity index (χ4v) is 5.40. The van der Waals surface area contributed by atoms with E-state index < -0.39 is 15.9 Å². The van der Waals surface area contributed by atoms with Gasteiger partial charge in [-0.2, -0.15) is 0 Å². The van der Waals surface area contributed by atoms with Gasteiger partial charge in [0.1, 0.15) is 0 Å². The third kappa shape index (κ3) is 4.82. The molecular weight excluding hydrogens is 430 g/mol. The number of methoxy groups -OCH3 is 3. The molecule has 2 aromatic rings. The summed E-state index contributed by atoms with van der Waals surface area (Å²) in [5.74, 6) is 0.778. The zero-order valence-corrected chi connectivity index (χ0v) is 18.6. The maximum atomic E-state index is 13.5. The van der Waals surface area contributed by atoms with Crippen molar-refractivity contribution in [1.82, 2.24) is 4.90 Å². The van der Waals surface area contributed by atoms with Crippen molar-refractivity contribution in [2.75, 3.05) is 32.8 Å². The van der Waals surface area contributed by atoms with Crippen LogP contribution in [0.4, 0.5) is 0 Å². The van der Waals surface area contributed by atoms with Crippen LogP contribution in [0.15, 0.2) is 36.4 Å². The number of hydrogen-bond donors (Lipinski definition) is 0. The molecule has 0 N–H and O–H groups in total. The number of benzene rings is 2. The van der Waals surface area contributed by atoms with E-state index in [0.717, 1.165) is 5.56 Å². The summed E-state index contributed by atoms with van der Waals surface area (Å²) in [5, 5.41) is 0.588. The number of carbonyl (C=O) groups is 1. The molecule has 0 radical (unpaired) electrons. The molecule has 0 aliphatic carbocycles. The highest BCUT2D eigenvalue weighted by Crippen LogP contribution is 2.39. The van der Waals surface area contributed by atoms with Gasteiger partial charge in [0.25, 0.3) is 5.91 Å². The molecule has 162 valence electrons. The van der Waals surface area contributed by atoms with Gasteiger partial charge in [-0.3, -0.25) is 4.79 Å². The Morgan fingerprint density at radius 3 is 2.13 bits per heavy atom. The van der Waals surface area contributed by atoms with Crippen molar-refractivity contribution in [3.63, 3.8) is 0 Å². The molecule has 9 heteroatoms. The van der Waals surface area contributed by atoms with Crippen LogP contribution in [0.3, 0.4) is 0 Å². The Balaban J connectivity index is 2.00. The number of rotatable bonds is 7. The summed E-state index contributed by atoms with van der Waals surface area (Å²) in [6.07, 6.45) is 0.395. The second-order valence-corrected chi connectivity index (χ2v) is 9.70. The van der Waals surface area contributed by atoms with Gasteiger partial charge in [-0.1, -0.05) is 23.7 Å². The smallest absolute Gasteiger partial charge is 0.254 e. The fourth-order valence-electron chi connectivity index (χ4n) is 3.54. The molecule has 1 atom stereocenters. The molecule has 1 saturated heterocycles. The summed E-state index contributed by atoms with van der Waals surface area (Å²) in [5.41, 5.74) is 1.17. The van der Waals surface area contributed by atoms with E-state index in [1.165, 1.54) is 21.3 Å². The molecule has 1 aliphatic rings. The average Bonchev–Trinajstić information content (AvgIpc) is 3.10. The van der Waals surface area contributed by atoms with Crippen molar-refractivity contribution >= 4 is 27.3 Å². The van der Waals surface area contributed by atoms with Crippen LogP contribution in [0, 0.1) is 0 Å². The molecule has 0 unspecified atom stereocenters. The summed E-state index contributed by atoms with van der Waals surface area (Å²) in [4.78, 5) is 15.1. The SMILES string of the molecule is COc1cc(C(=O)N(Cc2ccc(Cl)cc2)[C@@H]2CCS(=O)(=O)C2)cc(OC)c1OC. The van der Waals surface area contributed by atoms with Gasteiger partial charge in [-0.15, -0.1) is 0 Å². The van der Waals surface area contributed by atoms with E-state index in [2.05, 4.69) is 0 Å². The molecule has 0 bridgehead atoms. The van der Waals surface area contributed by atoms with Crippen LogP contribution in [0.25, 0.3) is 0 Å². The number of hydrogen-bond acceptors (Lipinski definition) is 6. The van der Waals surface area contributed by atoms with E-state index >= 15 is 0 Å². The van der Waals surface area contributed by atoms with Crippen LogP contribution in [-0.4, -0.2) is 58.1 Å². The van der Waals surface area contributed by atoms with Crippen molar-refractivity contribution in [2.24, 2.45) is 0 Å². The van der Waals surface area contributed by atoms with Crippen molar-refractivity contribution in [3.05, 3.63) is 52.5 Å². The maximum Gasteiger partial charge on any atom is 0.254 e. The summed E-state index contributed by atoms with van der Waals surface area (Å²) in [7, 11) is 1.25. The van der Waals surface area contributed by atoms with Crippen molar-refractivity contribution in [2.45, 2.75) is 19.0 Å². The number of carbonyl (C=O) groups excluding carboxylic acids is 1. The molecule has 0 spiro atoms. The Hall–Kier alpha value is -2.45. The monoisotopic (exact) mass is 453 g/mol. The topological polar surface area (TPSA) is 82.1 Å². The number of halogens is 1. The molecule has 7 nitrogen and oxygen atoms in total. The molecule has 0 aromatic heterocycles. The summed E-state index contributed by atoms with van der Waals surface area (Å²) >= 11 is 5.97. The van der Waals surface area contributed by atoms with Gasteiger partial charge in [0, 0.05) is 23.2 Å². The number of nitrogens with zero attached hydrogens (tertiary/aromatic N) is 1. The van der Waals surface area contributed by atoms with Crippen LogP contribution in [0.2, 0.25) is 5.02 Å². The fraction of sp³-hybridized carbons (Fsp3) is 0.381. The minimum Gasteiger partial charge on any atom is -0.493 e. The second-order valence-electron chi connectivity index (χ2n) is 7.03. The third-order valence-corrected chi connectivity index (χ3v) is 7.09. The van der Waals surface area contributed by atoms with Gasteiger partial charge in [0.05, 0.1) is 32.8 Å². The van der Waals surface area contributed by atoms with Gasteiger partial charge in [-0.25, -0.2) is 8.42 Å². The molecule has 3 rings (SSSR count). The van der Waals surface area contributed by atoms with Crippen LogP contribution in [0.1, 0.15) is 22.3 Å². The van der Waals surface area contributed by atoms with Gasteiger partial charge < -0.3 is 19.1 Å². The molecule has 1 aliphatic heterocycles. The van der Waals surface area contributed by atoms with E-state index in [4.69, 9.17) is 25.8 Å². The average molecular weight is 454 g/mol. The van der Waals surface area contributed by atoms with Crippen molar-refractivity contribution in [1.29, 1.82) is 0 Å². The first-order valence-corrected chi connectivity index (χ1v) is 11.5. The Kier molecular flexibility index (Phi) is 6.77. The summed E-state index contributed by atoms with van der Waals surface area (Å²) in [6, 6.07) is 9.85. The Morgan fingerprint density at radius 1 is 1.07 bits per heavy atom. The van der Waals surface area contributed by atoms with E-state index in [0.29, 0.717) is 34.3 Å². The zero-order valence-electron chi connectivity index (χ0n) is 17.1. The molecule has 1 heterocycles. The lowest BCUT2D eigenvalue weighted by Gasteiger charge is -2.29. The Labute approximate surface area is 181 Å². The third-order valence-electron chi connectivity index (χ3n) is 5.09. The van der Waals surface area contributed by atoms with E-state index in [1.807, 2.05) is 12.1 Å². The van der Waals surface area contributed by atoms with E-state index in [9.17, 15) is 13.2 Å². The van der Waals surface area contributed by atoms with Gasteiger partial charge >= 0.3 is 0 Å². The first-order chi connectivity index (χ1) is 14.3. The predicted octanol–water partition coefficient (Wildman–Crippen LogP) is 3.20. The van der Waals surface area contributed by atoms with Gasteiger partial charge in [0.15, 0.2) is 21.3 Å². The van der Waals surface area contributed by atoms with Crippen molar-refractivity contribution < 1.29 is 27.4 Å². The maximum absolute atomic E-state index is 13.5. The minimum absolute atomic E-state index is 0.0588. The predicted molar refractivity (Wildman–Crippen MR) is 114 cm³/mol. The Bertz CT molecular complexity index is 997. The van der Waals surface area contributed by atoms with E-state index in [1.54, 1.807) is 29.2 Å². The van der Waals surface area contributed by atoms with Gasteiger partial charge in [0.2, 0.25) is 5.75 Å². The standard InChI is InChI=1S/C21H24ClNO6S/c1-27-18-10-15(11-19(28-2)20(18)29-3)21(24)23(17-8-9-30(25,26)13-17)12-14-4-6-16(22)7-5-14/h4-7,10-11,17H,8-9,12-13H2,1-3H3/t17-/m1/s1. The highest BCUT2D eigenvalue weighted by atomic mass is 35.5. The van der Waals surface area contributed by atoms with Crippen molar-refractivity contribution in [3.8, 4) is 17.2 Å². The zero-order chi connectivity index (χ0) is 21.9. The number of ether oxygens (including phenoxy) is 3. The van der Waals surface area contributed by atoms with Crippen LogP contribution >= 0.6 is 11.6 Å². The lowest BCUT2D eigenvalue weighted by Crippen LogP contribution is -2.40. The normalized spacial score (nSPS) is 17.4. The quantitative estimate of drug-likeness (QED) is 0.640. The van der Waals surface area contributed by atoms with Gasteiger partial charge in [-0.05, 0) is 36.2 Å². The second kappa shape index (κ2) is 9.14. The Morgan fingerprint density at radius 2 is 1.67 bits per heavy atom. The van der Waals surface area contributed by atoms with E-state index in [-0.39, 0.29) is 24.0 Å². The first-order valence-electron chi connectivity index (χ1n) is 9.34. The molecule has 2 aromatic carbocycles. The molecule has 0 saturated carbocycles. The van der Waals surface area contributed by atoms with Crippen LogP contribution in [0.5, 0.6) is 17.2 Å². The highest BCUT2D eigenvalue weighted by molar-refractivity contribution is 7.91. The summed E-state index contributed by atoms with van der Waals surface area (Å²) < 4.78 is 40.2. The molecular formula is C21H24ClNO6S. The molecule has 30 heavy (non-hydrogen) atoms. The highest BCUT2D eigenvalue weighted by Gasteiger charge is 2.35. The number of amides is 1. The summed E-state index contributed by atoms with van der Waals surface area (Å²) in [6.45, 7) is 0.257. The minimum atomic E-state index is -3.18. The molecule has 1 amide bonds. The van der Waals surface area contributed by atoms with Crippen LogP contribution in [-0.2, 0) is 16.4 Å². The molecule has 1 fully saturated rings. The lowest BCUT2D eigenvalue weighted by atomic mass is 10.1. The lowest BCUT2D eigenvalue weighted by molar-refractivity contribution is 0.0680. The first kappa shape index (κ1) is 22.2. The largest absolute Gasteiger partial charge is 0.493 e. The van der Waals surface area contributed by atoms with Crippen LogP contribution < -0.4 is 14.2 Å². The number of sulfone groups is 1.